The van der Waals surface area contributed by atoms with E-state index >= 15 is 0 Å². The highest BCUT2D eigenvalue weighted by atomic mass is 32.2. The highest BCUT2D eigenvalue weighted by Gasteiger charge is 2.30. The topological polar surface area (TPSA) is 95.5 Å². The molecule has 1 amide bonds. The van der Waals surface area contributed by atoms with Crippen LogP contribution in [0.5, 0.6) is 5.75 Å². The maximum absolute atomic E-state index is 13.3. The maximum Gasteiger partial charge on any atom is 0.240 e. The number of aromatic nitrogens is 3. The molecule has 0 aliphatic carbocycles. The van der Waals surface area contributed by atoms with Gasteiger partial charge in [0.2, 0.25) is 11.1 Å². The van der Waals surface area contributed by atoms with Crippen molar-refractivity contribution >= 4 is 17.7 Å². The zero-order valence-corrected chi connectivity index (χ0v) is 19.0. The molecule has 32 heavy (non-hydrogen) atoms. The number of amides is 1. The van der Waals surface area contributed by atoms with Crippen molar-refractivity contribution in [1.82, 2.24) is 19.8 Å². The van der Waals surface area contributed by atoms with Crippen molar-refractivity contribution in [2.75, 3.05) is 32.1 Å². The van der Waals surface area contributed by atoms with Crippen molar-refractivity contribution in [1.29, 1.82) is 0 Å². The van der Waals surface area contributed by atoms with Gasteiger partial charge in [0.05, 0.1) is 13.2 Å². The molecule has 1 atom stereocenters. The molecule has 1 saturated heterocycles. The maximum atomic E-state index is 13.3. The van der Waals surface area contributed by atoms with Gasteiger partial charge in [0, 0.05) is 13.1 Å². The van der Waals surface area contributed by atoms with Gasteiger partial charge >= 0.3 is 0 Å². The number of nitrogens with zero attached hydrogens (tertiary/aromatic N) is 4. The number of hydrogen-bond donors (Lipinski definition) is 1. The lowest BCUT2D eigenvalue weighted by atomic mass is 10.1. The summed E-state index contributed by atoms with van der Waals surface area (Å²) in [5, 5.41) is 8.43. The molecule has 1 aromatic heterocycles. The molecule has 1 aliphatic rings. The molecule has 3 aromatic rings. The standard InChI is InChI=1S/C23H27N5O3S/c1-16-7-6-8-17(2)20(16)31-15-19-25-26-23(28(19)24)32-21(18-9-4-3-5-10-18)22(29)27-11-13-30-14-12-27/h3-10,21H,11-15,24H2,1-2H3. The minimum Gasteiger partial charge on any atom is -0.485 e. The Balaban J connectivity index is 1.52. The molecule has 1 unspecified atom stereocenters. The Bertz CT molecular complexity index is 1050. The first kappa shape index (κ1) is 22.2. The fraction of sp³-hybridized carbons (Fsp3) is 0.348. The lowest BCUT2D eigenvalue weighted by molar-refractivity contribution is -0.134. The van der Waals surface area contributed by atoms with E-state index in [1.807, 2.05) is 67.3 Å². The number of nitrogens with two attached hydrogens (primary N) is 1. The van der Waals surface area contributed by atoms with Gasteiger partial charge in [-0.3, -0.25) is 4.79 Å². The number of carbonyl (C=O) groups excluding carboxylic acids is 1. The minimum atomic E-state index is -0.479. The van der Waals surface area contributed by atoms with Crippen LogP contribution < -0.4 is 10.6 Å². The average Bonchev–Trinajstić information content (AvgIpc) is 3.17. The number of aryl methyl sites for hydroxylation is 2. The average molecular weight is 454 g/mol. The number of para-hydroxylation sites is 1. The summed E-state index contributed by atoms with van der Waals surface area (Å²) in [5.41, 5.74) is 2.98. The number of carbonyl (C=O) groups is 1. The van der Waals surface area contributed by atoms with Crippen LogP contribution in [-0.2, 0) is 16.1 Å². The van der Waals surface area contributed by atoms with E-state index in [-0.39, 0.29) is 12.5 Å². The molecule has 0 saturated carbocycles. The van der Waals surface area contributed by atoms with Gasteiger partial charge in [0.25, 0.3) is 0 Å². The Morgan fingerprint density at radius 2 is 1.78 bits per heavy atom. The monoisotopic (exact) mass is 453 g/mol. The molecule has 2 N–H and O–H groups in total. The van der Waals surface area contributed by atoms with E-state index in [1.165, 1.54) is 16.4 Å². The first-order valence-corrected chi connectivity index (χ1v) is 11.4. The summed E-state index contributed by atoms with van der Waals surface area (Å²) in [6.07, 6.45) is 0. The van der Waals surface area contributed by atoms with Crippen molar-refractivity contribution in [2.24, 2.45) is 0 Å². The molecule has 4 rings (SSSR count). The lowest BCUT2D eigenvalue weighted by Crippen LogP contribution is -2.42. The van der Waals surface area contributed by atoms with E-state index < -0.39 is 5.25 Å². The SMILES string of the molecule is Cc1cccc(C)c1OCc1nnc(SC(C(=O)N2CCOCC2)c2ccccc2)n1N. The van der Waals surface area contributed by atoms with E-state index in [1.54, 1.807) is 0 Å². The number of rotatable bonds is 7. The van der Waals surface area contributed by atoms with E-state index in [0.29, 0.717) is 37.3 Å². The fourth-order valence-electron chi connectivity index (χ4n) is 3.59. The van der Waals surface area contributed by atoms with Crippen molar-refractivity contribution in [3.63, 3.8) is 0 Å². The largest absolute Gasteiger partial charge is 0.485 e. The molecule has 2 aromatic carbocycles. The van der Waals surface area contributed by atoms with E-state index in [0.717, 1.165) is 22.4 Å². The van der Waals surface area contributed by atoms with Gasteiger partial charge < -0.3 is 20.2 Å². The molecule has 2 heterocycles. The minimum absolute atomic E-state index is 0.0147. The molecular weight excluding hydrogens is 426 g/mol. The van der Waals surface area contributed by atoms with Gasteiger partial charge in [-0.15, -0.1) is 10.2 Å². The first-order valence-electron chi connectivity index (χ1n) is 10.5. The van der Waals surface area contributed by atoms with E-state index in [9.17, 15) is 4.79 Å². The Morgan fingerprint density at radius 1 is 1.09 bits per heavy atom. The molecule has 0 bridgehead atoms. The van der Waals surface area contributed by atoms with E-state index in [4.69, 9.17) is 15.3 Å². The molecule has 1 fully saturated rings. The van der Waals surface area contributed by atoms with Crippen molar-refractivity contribution in [3.8, 4) is 5.75 Å². The summed E-state index contributed by atoms with van der Waals surface area (Å²) in [7, 11) is 0. The van der Waals surface area contributed by atoms with Crippen LogP contribution in [0.1, 0.15) is 27.8 Å². The summed E-state index contributed by atoms with van der Waals surface area (Å²) in [6, 6.07) is 15.7. The summed E-state index contributed by atoms with van der Waals surface area (Å²) in [5.74, 6) is 7.61. The van der Waals surface area contributed by atoms with Crippen LogP contribution >= 0.6 is 11.8 Å². The molecule has 9 heteroatoms. The summed E-state index contributed by atoms with van der Waals surface area (Å²) in [6.45, 7) is 6.43. The second-order valence-electron chi connectivity index (χ2n) is 7.62. The van der Waals surface area contributed by atoms with Crippen molar-refractivity contribution < 1.29 is 14.3 Å². The van der Waals surface area contributed by atoms with Crippen LogP contribution in [0, 0.1) is 13.8 Å². The van der Waals surface area contributed by atoms with Crippen LogP contribution in [0.3, 0.4) is 0 Å². The number of benzene rings is 2. The molecule has 168 valence electrons. The van der Waals surface area contributed by atoms with Crippen LogP contribution in [0.4, 0.5) is 0 Å². The molecular formula is C23H27N5O3S. The first-order chi connectivity index (χ1) is 15.5. The Kier molecular flexibility index (Phi) is 6.96. The zero-order valence-electron chi connectivity index (χ0n) is 18.2. The Hall–Kier alpha value is -3.04. The Morgan fingerprint density at radius 3 is 2.47 bits per heavy atom. The van der Waals surface area contributed by atoms with Gasteiger partial charge in [0.1, 0.15) is 17.6 Å². The number of thioether (sulfide) groups is 1. The number of morpholine rings is 1. The van der Waals surface area contributed by atoms with Crippen LogP contribution in [0.15, 0.2) is 53.7 Å². The van der Waals surface area contributed by atoms with Gasteiger partial charge in [-0.2, -0.15) is 0 Å². The van der Waals surface area contributed by atoms with Gasteiger partial charge in [-0.05, 0) is 30.5 Å². The van der Waals surface area contributed by atoms with Crippen LogP contribution in [0.25, 0.3) is 0 Å². The highest BCUT2D eigenvalue weighted by molar-refractivity contribution is 8.00. The zero-order chi connectivity index (χ0) is 22.5. The Labute approximate surface area is 191 Å². The van der Waals surface area contributed by atoms with Crippen molar-refractivity contribution in [2.45, 2.75) is 30.9 Å². The number of nitrogen functional groups attached to an aromatic ring is 1. The second kappa shape index (κ2) is 10.1. The van der Waals surface area contributed by atoms with Crippen LogP contribution in [0.2, 0.25) is 0 Å². The van der Waals surface area contributed by atoms with Gasteiger partial charge in [-0.25, -0.2) is 4.68 Å². The third kappa shape index (κ3) is 4.89. The quantitative estimate of drug-likeness (QED) is 0.434. The summed E-state index contributed by atoms with van der Waals surface area (Å²) >= 11 is 1.30. The summed E-state index contributed by atoms with van der Waals surface area (Å²) < 4.78 is 12.8. The molecule has 0 radical (unpaired) electrons. The lowest BCUT2D eigenvalue weighted by Gasteiger charge is -2.30. The van der Waals surface area contributed by atoms with Gasteiger partial charge in [0.15, 0.2) is 5.82 Å². The van der Waals surface area contributed by atoms with E-state index in [2.05, 4.69) is 10.2 Å². The smallest absolute Gasteiger partial charge is 0.240 e. The van der Waals surface area contributed by atoms with Crippen molar-refractivity contribution in [3.05, 3.63) is 71.0 Å². The normalized spacial score (nSPS) is 14.9. The fourth-order valence-corrected chi connectivity index (χ4v) is 4.65. The predicted octanol–water partition coefficient (Wildman–Crippen LogP) is 2.88. The number of ether oxygens (including phenoxy) is 2. The molecule has 1 aliphatic heterocycles. The van der Waals surface area contributed by atoms with Crippen LogP contribution in [-0.4, -0.2) is 52.0 Å². The molecule has 0 spiro atoms. The third-order valence-corrected chi connectivity index (χ3v) is 6.56. The second-order valence-corrected chi connectivity index (χ2v) is 8.70. The predicted molar refractivity (Wildman–Crippen MR) is 123 cm³/mol. The highest BCUT2D eigenvalue weighted by Crippen LogP contribution is 2.36. The molecule has 8 nitrogen and oxygen atoms in total. The number of hydrogen-bond acceptors (Lipinski definition) is 7. The summed E-state index contributed by atoms with van der Waals surface area (Å²) in [4.78, 5) is 15.2. The third-order valence-electron chi connectivity index (χ3n) is 5.36. The van der Waals surface area contributed by atoms with Gasteiger partial charge in [-0.1, -0.05) is 60.3 Å².